The van der Waals surface area contributed by atoms with Crippen LogP contribution in [0.25, 0.3) is 0 Å². The Balaban J connectivity index is 1.67. The standard InChI is InChI=1S/C19H21FN2O4/c1-22(2)16-8-6-14(7-9-16)11-21-18(23)12-26-19(24)13-25-17-5-3-4-15(20)10-17/h3-10H,11-13H2,1-2H3,(H,21,23). The van der Waals surface area contributed by atoms with Crippen LogP contribution in [0, 0.1) is 5.82 Å². The molecule has 0 radical (unpaired) electrons. The van der Waals surface area contributed by atoms with E-state index >= 15 is 0 Å². The second-order valence-electron chi connectivity index (χ2n) is 5.74. The maximum atomic E-state index is 13.0. The summed E-state index contributed by atoms with van der Waals surface area (Å²) < 4.78 is 22.9. The molecule has 6 nitrogen and oxygen atoms in total. The number of carbonyl (C=O) groups is 2. The topological polar surface area (TPSA) is 67.9 Å². The molecule has 0 fully saturated rings. The van der Waals surface area contributed by atoms with Crippen molar-refractivity contribution in [3.05, 3.63) is 59.9 Å². The highest BCUT2D eigenvalue weighted by Crippen LogP contribution is 2.12. The molecule has 2 rings (SSSR count). The summed E-state index contributed by atoms with van der Waals surface area (Å²) in [5.74, 6) is -1.37. The summed E-state index contributed by atoms with van der Waals surface area (Å²) in [4.78, 5) is 25.3. The predicted octanol–water partition coefficient (Wildman–Crippen LogP) is 2.13. The van der Waals surface area contributed by atoms with Crippen LogP contribution >= 0.6 is 0 Å². The summed E-state index contributed by atoms with van der Waals surface area (Å²) in [6.07, 6.45) is 0. The van der Waals surface area contributed by atoms with Crippen LogP contribution in [0.4, 0.5) is 10.1 Å². The van der Waals surface area contributed by atoms with Crippen LogP contribution in [0.2, 0.25) is 0 Å². The maximum absolute atomic E-state index is 13.0. The lowest BCUT2D eigenvalue weighted by molar-refractivity contribution is -0.150. The first-order chi connectivity index (χ1) is 12.4. The van der Waals surface area contributed by atoms with Crippen molar-refractivity contribution >= 4 is 17.6 Å². The van der Waals surface area contributed by atoms with Crippen LogP contribution in [-0.2, 0) is 20.9 Å². The molecule has 0 aliphatic rings. The Morgan fingerprint density at radius 3 is 2.46 bits per heavy atom. The first kappa shape index (κ1) is 19.2. The van der Waals surface area contributed by atoms with Gasteiger partial charge in [0.15, 0.2) is 13.2 Å². The predicted molar refractivity (Wildman–Crippen MR) is 95.5 cm³/mol. The van der Waals surface area contributed by atoms with E-state index in [1.165, 1.54) is 18.2 Å². The number of nitrogens with zero attached hydrogens (tertiary/aromatic N) is 1. The summed E-state index contributed by atoms with van der Waals surface area (Å²) in [6.45, 7) is -0.465. The minimum Gasteiger partial charge on any atom is -0.482 e. The number of ether oxygens (including phenoxy) is 2. The van der Waals surface area contributed by atoms with Gasteiger partial charge in [-0.15, -0.1) is 0 Å². The molecule has 1 amide bonds. The van der Waals surface area contributed by atoms with E-state index in [-0.39, 0.29) is 5.75 Å². The van der Waals surface area contributed by atoms with Gasteiger partial charge in [-0.05, 0) is 29.8 Å². The van der Waals surface area contributed by atoms with Crippen LogP contribution in [0.5, 0.6) is 5.75 Å². The Labute approximate surface area is 151 Å². The number of esters is 1. The van der Waals surface area contributed by atoms with Crippen molar-refractivity contribution < 1.29 is 23.5 Å². The molecule has 0 unspecified atom stereocenters. The van der Waals surface area contributed by atoms with Crippen LogP contribution < -0.4 is 15.0 Å². The lowest BCUT2D eigenvalue weighted by atomic mass is 10.2. The summed E-state index contributed by atoms with van der Waals surface area (Å²) >= 11 is 0. The Bertz CT molecular complexity index is 747. The zero-order valence-electron chi connectivity index (χ0n) is 14.7. The van der Waals surface area contributed by atoms with Gasteiger partial charge in [-0.3, -0.25) is 4.79 Å². The highest BCUT2D eigenvalue weighted by Gasteiger charge is 2.09. The van der Waals surface area contributed by atoms with E-state index in [0.717, 1.165) is 17.3 Å². The van der Waals surface area contributed by atoms with Gasteiger partial charge in [0, 0.05) is 32.4 Å². The van der Waals surface area contributed by atoms with E-state index in [4.69, 9.17) is 9.47 Å². The van der Waals surface area contributed by atoms with Gasteiger partial charge in [0.1, 0.15) is 11.6 Å². The number of amides is 1. The molecule has 2 aromatic rings. The molecule has 2 aromatic carbocycles. The highest BCUT2D eigenvalue weighted by atomic mass is 19.1. The van der Waals surface area contributed by atoms with Gasteiger partial charge in [0.05, 0.1) is 0 Å². The van der Waals surface area contributed by atoms with Gasteiger partial charge < -0.3 is 19.7 Å². The van der Waals surface area contributed by atoms with E-state index in [2.05, 4.69) is 5.32 Å². The first-order valence-corrected chi connectivity index (χ1v) is 8.01. The van der Waals surface area contributed by atoms with Crippen LogP contribution in [-0.4, -0.2) is 39.2 Å². The summed E-state index contributed by atoms with van der Waals surface area (Å²) in [7, 11) is 3.90. The minimum absolute atomic E-state index is 0.215. The monoisotopic (exact) mass is 360 g/mol. The second kappa shape index (κ2) is 9.41. The molecule has 0 saturated heterocycles. The van der Waals surface area contributed by atoms with Crippen molar-refractivity contribution in [3.8, 4) is 5.75 Å². The number of carbonyl (C=O) groups excluding carboxylic acids is 2. The number of halogens is 1. The van der Waals surface area contributed by atoms with Gasteiger partial charge in [0.25, 0.3) is 5.91 Å². The van der Waals surface area contributed by atoms with Crippen molar-refractivity contribution in [2.24, 2.45) is 0 Å². The van der Waals surface area contributed by atoms with Crippen molar-refractivity contribution in [1.29, 1.82) is 0 Å². The summed E-state index contributed by atoms with van der Waals surface area (Å²) in [6, 6.07) is 13.1. The van der Waals surface area contributed by atoms with Gasteiger partial charge in [-0.1, -0.05) is 18.2 Å². The molecule has 0 spiro atoms. The van der Waals surface area contributed by atoms with Crippen molar-refractivity contribution in [1.82, 2.24) is 5.32 Å². The lowest BCUT2D eigenvalue weighted by Gasteiger charge is -2.13. The van der Waals surface area contributed by atoms with E-state index in [0.29, 0.717) is 6.54 Å². The van der Waals surface area contributed by atoms with Gasteiger partial charge in [-0.2, -0.15) is 0 Å². The normalized spacial score (nSPS) is 10.1. The van der Waals surface area contributed by atoms with Crippen molar-refractivity contribution in [3.63, 3.8) is 0 Å². The molecule has 0 aromatic heterocycles. The molecule has 0 saturated carbocycles. The number of nitrogens with one attached hydrogen (secondary N) is 1. The third kappa shape index (κ3) is 6.43. The SMILES string of the molecule is CN(C)c1ccc(CNC(=O)COC(=O)COc2cccc(F)c2)cc1. The highest BCUT2D eigenvalue weighted by molar-refractivity contribution is 5.80. The number of benzene rings is 2. The van der Waals surface area contributed by atoms with E-state index < -0.39 is 30.9 Å². The number of anilines is 1. The molecule has 26 heavy (non-hydrogen) atoms. The van der Waals surface area contributed by atoms with Crippen LogP contribution in [0.15, 0.2) is 48.5 Å². The molecular weight excluding hydrogens is 339 g/mol. The molecule has 0 aliphatic heterocycles. The average molecular weight is 360 g/mol. The zero-order valence-corrected chi connectivity index (χ0v) is 14.7. The smallest absolute Gasteiger partial charge is 0.344 e. The maximum Gasteiger partial charge on any atom is 0.344 e. The molecule has 0 aliphatic carbocycles. The summed E-state index contributed by atoms with van der Waals surface area (Å²) in [5.41, 5.74) is 2.00. The van der Waals surface area contributed by atoms with E-state index in [1.807, 2.05) is 43.3 Å². The van der Waals surface area contributed by atoms with Crippen molar-refractivity contribution in [2.45, 2.75) is 6.54 Å². The third-order valence-corrected chi connectivity index (χ3v) is 3.46. The molecule has 0 heterocycles. The van der Waals surface area contributed by atoms with Crippen molar-refractivity contribution in [2.75, 3.05) is 32.2 Å². The van der Waals surface area contributed by atoms with E-state index in [1.54, 1.807) is 0 Å². The summed E-state index contributed by atoms with van der Waals surface area (Å²) in [5, 5.41) is 2.66. The molecule has 7 heteroatoms. The number of hydrogen-bond donors (Lipinski definition) is 1. The lowest BCUT2D eigenvalue weighted by Crippen LogP contribution is -2.29. The fourth-order valence-corrected chi connectivity index (χ4v) is 2.05. The van der Waals surface area contributed by atoms with Crippen LogP contribution in [0.3, 0.4) is 0 Å². The average Bonchev–Trinajstić information content (AvgIpc) is 2.63. The zero-order chi connectivity index (χ0) is 18.9. The number of rotatable bonds is 8. The Morgan fingerprint density at radius 2 is 1.81 bits per heavy atom. The molecule has 0 bridgehead atoms. The largest absolute Gasteiger partial charge is 0.482 e. The fourth-order valence-electron chi connectivity index (χ4n) is 2.05. The third-order valence-electron chi connectivity index (χ3n) is 3.46. The quantitative estimate of drug-likeness (QED) is 0.731. The Kier molecular flexibility index (Phi) is 6.96. The van der Waals surface area contributed by atoms with Gasteiger partial charge in [0.2, 0.25) is 0 Å². The van der Waals surface area contributed by atoms with Crippen LogP contribution in [0.1, 0.15) is 5.56 Å². The molecular formula is C19H21FN2O4. The van der Waals surface area contributed by atoms with E-state index in [9.17, 15) is 14.0 Å². The minimum atomic E-state index is -0.709. The molecule has 138 valence electrons. The first-order valence-electron chi connectivity index (χ1n) is 8.01. The second-order valence-corrected chi connectivity index (χ2v) is 5.74. The van der Waals surface area contributed by atoms with Gasteiger partial charge in [-0.25, -0.2) is 9.18 Å². The fraction of sp³-hybridized carbons (Fsp3) is 0.263. The Morgan fingerprint density at radius 1 is 1.08 bits per heavy atom. The molecule has 1 N–H and O–H groups in total. The van der Waals surface area contributed by atoms with Gasteiger partial charge >= 0.3 is 5.97 Å². The molecule has 0 atom stereocenters. The number of hydrogen-bond acceptors (Lipinski definition) is 5. The Hall–Kier alpha value is -3.09.